The summed E-state index contributed by atoms with van der Waals surface area (Å²) in [5.41, 5.74) is -0.586. The molecule has 22 heavy (non-hydrogen) atoms. The van der Waals surface area contributed by atoms with Gasteiger partial charge in [0.05, 0.1) is 20.9 Å². The normalized spacial score (nSPS) is 11.6. The molecule has 114 valence electrons. The van der Waals surface area contributed by atoms with E-state index in [4.69, 9.17) is 0 Å². The molecule has 0 radical (unpaired) electrons. The van der Waals surface area contributed by atoms with E-state index in [9.17, 15) is 28.6 Å². The maximum absolute atomic E-state index is 12.0. The molecule has 9 nitrogen and oxygen atoms in total. The maximum Gasteiger partial charge on any atom is 0.324 e. The Balaban J connectivity index is 2.37. The van der Waals surface area contributed by atoms with Crippen molar-refractivity contribution in [3.8, 4) is 0 Å². The minimum absolute atomic E-state index is 0.162. The van der Waals surface area contributed by atoms with Crippen LogP contribution in [-0.2, 0) is 10.0 Å². The molecule has 0 amide bonds. The van der Waals surface area contributed by atoms with E-state index < -0.39 is 30.5 Å². The first-order valence-electron chi connectivity index (χ1n) is 5.59. The van der Waals surface area contributed by atoms with E-state index in [-0.39, 0.29) is 9.88 Å². The van der Waals surface area contributed by atoms with Crippen LogP contribution in [0.4, 0.5) is 10.7 Å². The molecule has 0 unspecified atom stereocenters. The highest BCUT2D eigenvalue weighted by Gasteiger charge is 2.24. The number of hydrogen-bond donors (Lipinski definition) is 0. The van der Waals surface area contributed by atoms with Gasteiger partial charge in [0.25, 0.3) is 15.7 Å². The Kier molecular flexibility index (Phi) is 4.28. The van der Waals surface area contributed by atoms with E-state index in [0.29, 0.717) is 0 Å². The minimum atomic E-state index is -4.28. The molecule has 2 aromatic rings. The first kappa shape index (κ1) is 15.7. The number of thiophene rings is 1. The van der Waals surface area contributed by atoms with Gasteiger partial charge in [0.1, 0.15) is 0 Å². The Bertz CT molecular complexity index is 871. The molecule has 2 rings (SSSR count). The van der Waals surface area contributed by atoms with Crippen LogP contribution in [-0.4, -0.2) is 24.5 Å². The third kappa shape index (κ3) is 3.32. The predicted octanol–water partition coefficient (Wildman–Crippen LogP) is 2.37. The van der Waals surface area contributed by atoms with Crippen LogP contribution in [0.2, 0.25) is 0 Å². The average Bonchev–Trinajstić information content (AvgIpc) is 2.94. The van der Waals surface area contributed by atoms with Crippen LogP contribution in [0.5, 0.6) is 0 Å². The lowest BCUT2D eigenvalue weighted by molar-refractivity contribution is -0.387. The molecule has 0 spiro atoms. The summed E-state index contributed by atoms with van der Waals surface area (Å²) in [7, 11) is -4.28. The fourth-order valence-electron chi connectivity index (χ4n) is 1.51. The number of nitro groups is 2. The summed E-state index contributed by atoms with van der Waals surface area (Å²) in [4.78, 5) is 19.6. The lowest BCUT2D eigenvalue weighted by atomic mass is 10.3. The van der Waals surface area contributed by atoms with Crippen molar-refractivity contribution >= 4 is 38.3 Å². The smallest absolute Gasteiger partial charge is 0.258 e. The highest BCUT2D eigenvalue weighted by molar-refractivity contribution is 7.90. The number of benzene rings is 1. The highest BCUT2D eigenvalue weighted by atomic mass is 32.2. The van der Waals surface area contributed by atoms with Crippen LogP contribution in [0.25, 0.3) is 0 Å². The molecule has 0 fully saturated rings. The molecule has 0 saturated carbocycles. The van der Waals surface area contributed by atoms with E-state index in [1.165, 1.54) is 24.3 Å². The molecule has 1 heterocycles. The monoisotopic (exact) mass is 341 g/mol. The van der Waals surface area contributed by atoms with Crippen LogP contribution >= 0.6 is 11.3 Å². The van der Waals surface area contributed by atoms with Gasteiger partial charge in [-0.15, -0.1) is 0 Å². The zero-order chi connectivity index (χ0) is 16.3. The molecule has 0 N–H and O–H groups in total. The Hall–Kier alpha value is -2.66. The molecular weight excluding hydrogens is 334 g/mol. The second-order valence-corrected chi connectivity index (χ2v) is 6.56. The van der Waals surface area contributed by atoms with Gasteiger partial charge in [-0.05, 0) is 12.1 Å². The third-order valence-electron chi connectivity index (χ3n) is 2.45. The van der Waals surface area contributed by atoms with Crippen LogP contribution < -0.4 is 0 Å². The number of sulfonamides is 1. The molecule has 0 aliphatic carbocycles. The fraction of sp³-hybridized carbons (Fsp3) is 0. The van der Waals surface area contributed by atoms with E-state index in [1.54, 1.807) is 0 Å². The van der Waals surface area contributed by atoms with Crippen molar-refractivity contribution in [2.24, 2.45) is 4.40 Å². The van der Waals surface area contributed by atoms with Crippen molar-refractivity contribution in [1.29, 1.82) is 0 Å². The Morgan fingerprint density at radius 1 is 1.05 bits per heavy atom. The van der Waals surface area contributed by atoms with Crippen LogP contribution in [0.3, 0.4) is 0 Å². The van der Waals surface area contributed by atoms with E-state index in [2.05, 4.69) is 4.40 Å². The molecule has 11 heteroatoms. The fourth-order valence-corrected chi connectivity index (χ4v) is 3.30. The van der Waals surface area contributed by atoms with Gasteiger partial charge in [0, 0.05) is 12.1 Å². The molecule has 1 aromatic carbocycles. The van der Waals surface area contributed by atoms with Gasteiger partial charge in [-0.25, -0.2) is 0 Å². The number of rotatable bonds is 5. The molecular formula is C11H7N3O6S2. The zero-order valence-electron chi connectivity index (χ0n) is 10.6. The summed E-state index contributed by atoms with van der Waals surface area (Å²) in [5, 5.41) is 21.2. The van der Waals surface area contributed by atoms with Crippen molar-refractivity contribution in [3.63, 3.8) is 0 Å². The SMILES string of the molecule is O=[N+]([O-])c1ccc(/C=N/S(=O)(=O)c2ccccc2[N+](=O)[O-])s1. The number of hydrogen-bond acceptors (Lipinski definition) is 7. The molecule has 0 saturated heterocycles. The first-order chi connectivity index (χ1) is 10.3. The predicted molar refractivity (Wildman–Crippen MR) is 78.8 cm³/mol. The van der Waals surface area contributed by atoms with E-state index in [1.807, 2.05) is 0 Å². The Morgan fingerprint density at radius 2 is 1.73 bits per heavy atom. The summed E-state index contributed by atoms with van der Waals surface area (Å²) < 4.78 is 27.4. The topological polar surface area (TPSA) is 133 Å². The molecule has 0 bridgehead atoms. The molecule has 0 aliphatic rings. The number of nitrogens with zero attached hydrogens (tertiary/aromatic N) is 3. The van der Waals surface area contributed by atoms with Gasteiger partial charge in [0.2, 0.25) is 0 Å². The zero-order valence-corrected chi connectivity index (χ0v) is 12.3. The quantitative estimate of drug-likeness (QED) is 0.465. The van der Waals surface area contributed by atoms with Gasteiger partial charge < -0.3 is 0 Å². The summed E-state index contributed by atoms with van der Waals surface area (Å²) in [6.07, 6.45) is 0.920. The van der Waals surface area contributed by atoms with Crippen LogP contribution in [0, 0.1) is 20.2 Å². The van der Waals surface area contributed by atoms with Gasteiger partial charge >= 0.3 is 5.00 Å². The third-order valence-corrected chi connectivity index (χ3v) is 4.71. The van der Waals surface area contributed by atoms with E-state index >= 15 is 0 Å². The molecule has 0 aliphatic heterocycles. The van der Waals surface area contributed by atoms with Gasteiger partial charge in [-0.1, -0.05) is 23.5 Å². The average molecular weight is 341 g/mol. The Labute approximate surface area is 127 Å². The summed E-state index contributed by atoms with van der Waals surface area (Å²) in [6.45, 7) is 0. The maximum atomic E-state index is 12.0. The van der Waals surface area contributed by atoms with Crippen molar-refractivity contribution in [3.05, 3.63) is 61.5 Å². The minimum Gasteiger partial charge on any atom is -0.258 e. The Morgan fingerprint density at radius 3 is 2.32 bits per heavy atom. The van der Waals surface area contributed by atoms with E-state index in [0.717, 1.165) is 29.7 Å². The van der Waals surface area contributed by atoms with Crippen molar-refractivity contribution < 1.29 is 18.3 Å². The second-order valence-electron chi connectivity index (χ2n) is 3.87. The highest BCUT2D eigenvalue weighted by Crippen LogP contribution is 2.26. The first-order valence-corrected chi connectivity index (χ1v) is 7.85. The van der Waals surface area contributed by atoms with Crippen LogP contribution in [0.1, 0.15) is 4.88 Å². The summed E-state index contributed by atoms with van der Waals surface area (Å²) in [5.74, 6) is 0. The second kappa shape index (κ2) is 5.99. The number of nitro benzene ring substituents is 1. The van der Waals surface area contributed by atoms with Crippen LogP contribution in [0.15, 0.2) is 45.7 Å². The summed E-state index contributed by atoms with van der Waals surface area (Å²) >= 11 is 0.741. The molecule has 0 atom stereocenters. The van der Waals surface area contributed by atoms with Gasteiger partial charge in [-0.3, -0.25) is 20.2 Å². The molecule has 1 aromatic heterocycles. The lowest BCUT2D eigenvalue weighted by Gasteiger charge is -1.99. The van der Waals surface area contributed by atoms with Gasteiger partial charge in [0.15, 0.2) is 4.90 Å². The van der Waals surface area contributed by atoms with Crippen molar-refractivity contribution in [2.75, 3.05) is 0 Å². The largest absolute Gasteiger partial charge is 0.324 e. The van der Waals surface area contributed by atoms with Gasteiger partial charge in [-0.2, -0.15) is 12.8 Å². The lowest BCUT2D eigenvalue weighted by Crippen LogP contribution is -2.02. The van der Waals surface area contributed by atoms with Crippen molar-refractivity contribution in [1.82, 2.24) is 0 Å². The summed E-state index contributed by atoms with van der Waals surface area (Å²) in [6, 6.07) is 7.35. The standard InChI is InChI=1S/C11H7N3O6S2/c15-13(16)9-3-1-2-4-10(9)22(19,20)12-7-8-5-6-11(21-8)14(17)18/h1-7H/b12-7+. The number of para-hydroxylation sites is 1. The van der Waals surface area contributed by atoms with Crippen molar-refractivity contribution in [2.45, 2.75) is 4.90 Å².